The van der Waals surface area contributed by atoms with Crippen molar-refractivity contribution in [3.63, 3.8) is 0 Å². The summed E-state index contributed by atoms with van der Waals surface area (Å²) in [6.07, 6.45) is -0.579. The van der Waals surface area contributed by atoms with Crippen molar-refractivity contribution in [2.45, 2.75) is 11.0 Å². The molecule has 0 aliphatic carbocycles. The van der Waals surface area contributed by atoms with Crippen LogP contribution in [0.1, 0.15) is 0 Å². The number of hydrogen-bond acceptors (Lipinski definition) is 3. The van der Waals surface area contributed by atoms with Crippen LogP contribution in [0.15, 0.2) is 23.1 Å². The van der Waals surface area contributed by atoms with Gasteiger partial charge >= 0.3 is 0 Å². The van der Waals surface area contributed by atoms with Gasteiger partial charge in [0, 0.05) is 23.1 Å². The monoisotopic (exact) mass is 281 g/mol. The minimum Gasteiger partial charge on any atom is -0.390 e. The Kier molecular flexibility index (Phi) is 3.16. The smallest absolute Gasteiger partial charge is 0.243 e. The molecule has 0 radical (unpaired) electrons. The van der Waals surface area contributed by atoms with Gasteiger partial charge < -0.3 is 5.11 Å². The highest BCUT2D eigenvalue weighted by atomic mass is 35.5. The first-order chi connectivity index (χ1) is 7.39. The molecule has 0 aromatic heterocycles. The summed E-state index contributed by atoms with van der Waals surface area (Å²) >= 11 is 11.5. The zero-order valence-corrected chi connectivity index (χ0v) is 10.4. The number of halogens is 2. The van der Waals surface area contributed by atoms with E-state index in [9.17, 15) is 8.42 Å². The van der Waals surface area contributed by atoms with Gasteiger partial charge in [0.25, 0.3) is 0 Å². The highest BCUT2D eigenvalue weighted by Gasteiger charge is 2.35. The van der Waals surface area contributed by atoms with E-state index in [1.165, 1.54) is 22.5 Å². The van der Waals surface area contributed by atoms with Gasteiger partial charge in [0.2, 0.25) is 10.0 Å². The number of aliphatic hydroxyl groups is 1. The highest BCUT2D eigenvalue weighted by molar-refractivity contribution is 7.89. The molecule has 0 atom stereocenters. The molecule has 1 aromatic carbocycles. The number of hydrogen-bond donors (Lipinski definition) is 1. The molecule has 7 heteroatoms. The van der Waals surface area contributed by atoms with Gasteiger partial charge in [-0.2, -0.15) is 4.31 Å². The largest absolute Gasteiger partial charge is 0.390 e. The van der Waals surface area contributed by atoms with Gasteiger partial charge in [-0.15, -0.1) is 0 Å². The van der Waals surface area contributed by atoms with E-state index in [2.05, 4.69) is 0 Å². The van der Waals surface area contributed by atoms with Gasteiger partial charge in [-0.25, -0.2) is 8.42 Å². The van der Waals surface area contributed by atoms with E-state index in [4.69, 9.17) is 28.3 Å². The van der Waals surface area contributed by atoms with Crippen LogP contribution in [0, 0.1) is 0 Å². The average Bonchev–Trinajstić information content (AvgIpc) is 2.11. The molecule has 1 aliphatic heterocycles. The summed E-state index contributed by atoms with van der Waals surface area (Å²) < 4.78 is 25.1. The fourth-order valence-corrected chi connectivity index (χ4v) is 3.68. The quantitative estimate of drug-likeness (QED) is 0.891. The Morgan fingerprint density at radius 2 is 1.69 bits per heavy atom. The molecule has 1 heterocycles. The normalized spacial score (nSPS) is 18.4. The van der Waals surface area contributed by atoms with Crippen molar-refractivity contribution < 1.29 is 13.5 Å². The number of nitrogens with zero attached hydrogens (tertiary/aromatic N) is 1. The van der Waals surface area contributed by atoms with Crippen molar-refractivity contribution in [3.8, 4) is 0 Å². The summed E-state index contributed by atoms with van der Waals surface area (Å²) in [7, 11) is -3.58. The molecule has 0 saturated carbocycles. The van der Waals surface area contributed by atoms with Crippen molar-refractivity contribution >= 4 is 33.2 Å². The Hall–Kier alpha value is -0.330. The molecule has 1 fully saturated rings. The SMILES string of the molecule is O=S(=O)(c1cc(Cl)cc(Cl)c1)N1CC(O)C1. The third-order valence-corrected chi connectivity index (χ3v) is 4.55. The molecule has 16 heavy (non-hydrogen) atoms. The third kappa shape index (κ3) is 2.19. The van der Waals surface area contributed by atoms with Gasteiger partial charge in [-0.3, -0.25) is 0 Å². The summed E-state index contributed by atoms with van der Waals surface area (Å²) in [6, 6.07) is 4.15. The maximum Gasteiger partial charge on any atom is 0.243 e. The molecule has 0 unspecified atom stereocenters. The Labute approximate surface area is 103 Å². The van der Waals surface area contributed by atoms with Gasteiger partial charge in [0.15, 0.2) is 0 Å². The molecule has 1 aliphatic rings. The molecule has 1 saturated heterocycles. The lowest BCUT2D eigenvalue weighted by Gasteiger charge is -2.34. The predicted molar refractivity (Wildman–Crippen MR) is 61.2 cm³/mol. The minimum atomic E-state index is -3.58. The second-order valence-electron chi connectivity index (χ2n) is 3.58. The number of β-amino-alcohol motifs (C(OH)–C–C–N with tert-alkyl or cyclic N) is 1. The minimum absolute atomic E-state index is 0.0527. The Morgan fingerprint density at radius 3 is 2.12 bits per heavy atom. The van der Waals surface area contributed by atoms with Crippen LogP contribution in [0.25, 0.3) is 0 Å². The Balaban J connectivity index is 2.36. The molecule has 2 rings (SSSR count). The summed E-state index contributed by atoms with van der Waals surface area (Å²) in [5.41, 5.74) is 0. The van der Waals surface area contributed by atoms with Gasteiger partial charge in [0.1, 0.15) is 0 Å². The second-order valence-corrected chi connectivity index (χ2v) is 6.39. The molecular formula is C9H9Cl2NO3S. The number of rotatable bonds is 2. The lowest BCUT2D eigenvalue weighted by atomic mass is 10.2. The van der Waals surface area contributed by atoms with E-state index in [1.807, 2.05) is 0 Å². The van der Waals surface area contributed by atoms with Crippen molar-refractivity contribution in [1.29, 1.82) is 0 Å². The van der Waals surface area contributed by atoms with Crippen molar-refractivity contribution in [2.75, 3.05) is 13.1 Å². The summed E-state index contributed by atoms with van der Waals surface area (Å²) in [4.78, 5) is 0.0527. The first-order valence-corrected chi connectivity index (χ1v) is 6.73. The van der Waals surface area contributed by atoms with Crippen LogP contribution in [0.3, 0.4) is 0 Å². The van der Waals surface area contributed by atoms with E-state index in [0.29, 0.717) is 0 Å². The molecule has 1 N–H and O–H groups in total. The highest BCUT2D eigenvalue weighted by Crippen LogP contribution is 2.27. The lowest BCUT2D eigenvalue weighted by molar-refractivity contribution is 0.0548. The van der Waals surface area contributed by atoms with Crippen LogP contribution >= 0.6 is 23.2 Å². The summed E-state index contributed by atoms with van der Waals surface area (Å²) in [6.45, 7) is 0.235. The van der Waals surface area contributed by atoms with Crippen LogP contribution in [-0.2, 0) is 10.0 Å². The lowest BCUT2D eigenvalue weighted by Crippen LogP contribution is -2.53. The number of aliphatic hydroxyl groups excluding tert-OH is 1. The fourth-order valence-electron chi connectivity index (χ4n) is 1.44. The maximum atomic E-state index is 12.0. The van der Waals surface area contributed by atoms with Crippen LogP contribution in [0.4, 0.5) is 0 Å². The maximum absolute atomic E-state index is 12.0. The predicted octanol–water partition coefficient (Wildman–Crippen LogP) is 1.36. The first-order valence-electron chi connectivity index (χ1n) is 4.54. The third-order valence-electron chi connectivity index (χ3n) is 2.30. The van der Waals surface area contributed by atoms with Crippen molar-refractivity contribution in [3.05, 3.63) is 28.2 Å². The van der Waals surface area contributed by atoms with E-state index >= 15 is 0 Å². The molecule has 1 aromatic rings. The van der Waals surface area contributed by atoms with Gasteiger partial charge in [-0.1, -0.05) is 23.2 Å². The van der Waals surface area contributed by atoms with Crippen molar-refractivity contribution in [2.24, 2.45) is 0 Å². The van der Waals surface area contributed by atoms with Crippen molar-refractivity contribution in [1.82, 2.24) is 4.31 Å². The second kappa shape index (κ2) is 4.16. The van der Waals surface area contributed by atoms with Crippen LogP contribution in [0.5, 0.6) is 0 Å². The number of benzene rings is 1. The molecule has 0 amide bonds. The topological polar surface area (TPSA) is 57.6 Å². The van der Waals surface area contributed by atoms with E-state index in [1.54, 1.807) is 0 Å². The average molecular weight is 282 g/mol. The zero-order chi connectivity index (χ0) is 11.9. The Bertz CT molecular complexity index is 491. The van der Waals surface area contributed by atoms with Gasteiger partial charge in [-0.05, 0) is 18.2 Å². The molecule has 0 spiro atoms. The van der Waals surface area contributed by atoms with Crippen LogP contribution in [0.2, 0.25) is 10.0 Å². The van der Waals surface area contributed by atoms with Crippen LogP contribution < -0.4 is 0 Å². The van der Waals surface area contributed by atoms with E-state index in [0.717, 1.165) is 0 Å². The molecular weight excluding hydrogens is 273 g/mol. The summed E-state index contributed by atoms with van der Waals surface area (Å²) in [5, 5.41) is 9.62. The van der Waals surface area contributed by atoms with E-state index in [-0.39, 0.29) is 28.0 Å². The summed E-state index contributed by atoms with van der Waals surface area (Å²) in [5.74, 6) is 0. The standard InChI is InChI=1S/C9H9Cl2NO3S/c10-6-1-7(11)3-9(2-6)16(14,15)12-4-8(13)5-12/h1-3,8,13H,4-5H2. The van der Waals surface area contributed by atoms with Gasteiger partial charge in [0.05, 0.1) is 11.0 Å². The number of sulfonamides is 1. The first kappa shape index (κ1) is 12.1. The zero-order valence-electron chi connectivity index (χ0n) is 8.10. The van der Waals surface area contributed by atoms with E-state index < -0.39 is 16.1 Å². The fraction of sp³-hybridized carbons (Fsp3) is 0.333. The van der Waals surface area contributed by atoms with Crippen LogP contribution in [-0.4, -0.2) is 37.0 Å². The Morgan fingerprint density at radius 1 is 1.19 bits per heavy atom. The molecule has 4 nitrogen and oxygen atoms in total. The molecule has 88 valence electrons. The molecule has 0 bridgehead atoms.